The summed E-state index contributed by atoms with van der Waals surface area (Å²) in [6, 6.07) is 21.0. The molecule has 0 atom stereocenters. The molecule has 0 N–H and O–H groups in total. The van der Waals surface area contributed by atoms with Gasteiger partial charge in [-0.05, 0) is 49.4 Å². The number of ketones is 1. The number of hydrogen-bond donors (Lipinski definition) is 0. The number of allylic oxidation sites excluding steroid dienone is 2. The minimum Gasteiger partial charge on any atom is -0.288 e. The second kappa shape index (κ2) is 8.34. The van der Waals surface area contributed by atoms with Crippen molar-refractivity contribution in [3.63, 3.8) is 0 Å². The van der Waals surface area contributed by atoms with Gasteiger partial charge in [-0.25, -0.2) is 0 Å². The fourth-order valence-electron chi connectivity index (χ4n) is 2.98. The number of nitrogens with zero attached hydrogens (tertiary/aromatic N) is 1. The maximum Gasteiger partial charge on any atom is 0.282 e. The molecule has 3 aromatic carbocycles. The summed E-state index contributed by atoms with van der Waals surface area (Å²) in [5.74, 6) is -0.142. The first-order valence-electron chi connectivity index (χ1n) is 9.04. The molecule has 0 fully saturated rings. The number of aryl methyl sites for hydroxylation is 1. The molecule has 0 unspecified atom stereocenters. The molecule has 0 saturated carbocycles. The molecular weight excluding hydrogens is 482 g/mol. The molecule has 0 bridgehead atoms. The predicted octanol–water partition coefficient (Wildman–Crippen LogP) is 5.81. The maximum atomic E-state index is 13.0. The van der Waals surface area contributed by atoms with E-state index in [2.05, 4.69) is 20.3 Å². The van der Waals surface area contributed by atoms with Crippen LogP contribution in [0.15, 0.2) is 102 Å². The van der Waals surface area contributed by atoms with Crippen molar-refractivity contribution >= 4 is 49.2 Å². The monoisotopic (exact) mass is 497 g/mol. The van der Waals surface area contributed by atoms with Gasteiger partial charge in [0, 0.05) is 20.5 Å². The molecule has 30 heavy (non-hydrogen) atoms. The van der Waals surface area contributed by atoms with E-state index < -0.39 is 10.0 Å². The molecule has 1 aliphatic carbocycles. The zero-order valence-electron chi connectivity index (χ0n) is 15.9. The fraction of sp³-hybridized carbons (Fsp3) is 0.0435. The Balaban J connectivity index is 1.80. The smallest absolute Gasteiger partial charge is 0.282 e. The van der Waals surface area contributed by atoms with Crippen molar-refractivity contribution in [3.05, 3.63) is 105 Å². The van der Waals surface area contributed by atoms with Crippen LogP contribution in [0.25, 0.3) is 0 Å². The van der Waals surface area contributed by atoms with Gasteiger partial charge in [0.2, 0.25) is 0 Å². The second-order valence-electron chi connectivity index (χ2n) is 6.70. The number of rotatable bonds is 4. The van der Waals surface area contributed by atoms with Crippen LogP contribution in [-0.2, 0) is 10.0 Å². The topological polar surface area (TPSA) is 63.6 Å². The first kappa shape index (κ1) is 20.8. The van der Waals surface area contributed by atoms with Crippen molar-refractivity contribution in [2.45, 2.75) is 16.7 Å². The normalized spacial score (nSPS) is 15.1. The van der Waals surface area contributed by atoms with Crippen molar-refractivity contribution in [2.24, 2.45) is 4.40 Å². The Morgan fingerprint density at radius 2 is 1.50 bits per heavy atom. The number of halogens is 1. The molecule has 150 valence electrons. The molecular formula is C23H16BrNO3S2. The Hall–Kier alpha value is -2.48. The summed E-state index contributed by atoms with van der Waals surface area (Å²) >= 11 is 4.60. The Kier molecular flexibility index (Phi) is 5.77. The number of thioether (sulfide) groups is 1. The Morgan fingerprint density at radius 3 is 2.17 bits per heavy atom. The number of fused-ring (bicyclic) bond motifs is 1. The quantitative estimate of drug-likeness (QED) is 0.456. The number of hydrogen-bond acceptors (Lipinski definition) is 4. The van der Waals surface area contributed by atoms with Gasteiger partial charge in [0.1, 0.15) is 0 Å². The van der Waals surface area contributed by atoms with Gasteiger partial charge >= 0.3 is 0 Å². The number of carbonyl (C=O) groups is 1. The van der Waals surface area contributed by atoms with Crippen LogP contribution in [0.3, 0.4) is 0 Å². The number of sulfonamides is 1. The van der Waals surface area contributed by atoms with Gasteiger partial charge in [-0.2, -0.15) is 12.8 Å². The zero-order chi connectivity index (χ0) is 21.3. The van der Waals surface area contributed by atoms with E-state index in [-0.39, 0.29) is 16.4 Å². The summed E-state index contributed by atoms with van der Waals surface area (Å²) in [6.07, 6.45) is 1.56. The largest absolute Gasteiger partial charge is 0.288 e. The fourth-order valence-corrected chi connectivity index (χ4v) is 5.14. The van der Waals surface area contributed by atoms with Crippen molar-refractivity contribution in [3.8, 4) is 0 Å². The molecule has 0 aliphatic heterocycles. The van der Waals surface area contributed by atoms with Crippen molar-refractivity contribution in [1.29, 1.82) is 0 Å². The van der Waals surface area contributed by atoms with Gasteiger partial charge in [-0.1, -0.05) is 69.7 Å². The summed E-state index contributed by atoms with van der Waals surface area (Å²) in [7, 11) is -3.94. The molecule has 7 heteroatoms. The van der Waals surface area contributed by atoms with Crippen LogP contribution >= 0.6 is 27.7 Å². The van der Waals surface area contributed by atoms with Gasteiger partial charge in [-0.15, -0.1) is 0 Å². The number of carbonyl (C=O) groups excluding carboxylic acids is 1. The third kappa shape index (κ3) is 4.33. The standard InChI is InChI=1S/C23H16BrNO3S2/c1-15-6-10-17(11-7-15)29-22-14-21(19-4-2-3-5-20(19)23(22)26)25-30(27,28)18-12-8-16(24)9-13-18/h2-14H,1H3/b25-21+. The molecule has 1 aliphatic rings. The molecule has 0 heterocycles. The summed E-state index contributed by atoms with van der Waals surface area (Å²) in [6.45, 7) is 1.99. The van der Waals surface area contributed by atoms with Gasteiger partial charge in [0.05, 0.1) is 15.5 Å². The van der Waals surface area contributed by atoms with Gasteiger partial charge in [-0.3, -0.25) is 4.79 Å². The van der Waals surface area contributed by atoms with Crippen LogP contribution in [-0.4, -0.2) is 19.9 Å². The van der Waals surface area contributed by atoms with Crippen LogP contribution in [0.1, 0.15) is 21.5 Å². The highest BCUT2D eigenvalue weighted by molar-refractivity contribution is 9.10. The van der Waals surface area contributed by atoms with Crippen molar-refractivity contribution in [1.82, 2.24) is 0 Å². The molecule has 0 radical (unpaired) electrons. The average molecular weight is 498 g/mol. The SMILES string of the molecule is Cc1ccc(SC2=C/C(=N\S(=O)(=O)c3ccc(Br)cc3)c3ccccc3C2=O)cc1. The molecule has 4 nitrogen and oxygen atoms in total. The molecule has 4 rings (SSSR count). The van der Waals surface area contributed by atoms with E-state index in [9.17, 15) is 13.2 Å². The summed E-state index contributed by atoms with van der Waals surface area (Å²) in [5.41, 5.74) is 2.33. The highest BCUT2D eigenvalue weighted by Crippen LogP contribution is 2.34. The van der Waals surface area contributed by atoms with Gasteiger partial charge < -0.3 is 0 Å². The average Bonchev–Trinajstić information content (AvgIpc) is 2.73. The summed E-state index contributed by atoms with van der Waals surface area (Å²) in [5, 5.41) is 0. The van der Waals surface area contributed by atoms with E-state index in [1.807, 2.05) is 31.2 Å². The first-order chi connectivity index (χ1) is 14.3. The third-order valence-corrected chi connectivity index (χ3v) is 7.38. The highest BCUT2D eigenvalue weighted by Gasteiger charge is 2.26. The van der Waals surface area contributed by atoms with Crippen molar-refractivity contribution in [2.75, 3.05) is 0 Å². The molecule has 0 spiro atoms. The summed E-state index contributed by atoms with van der Waals surface area (Å²) in [4.78, 5) is 14.4. The lowest BCUT2D eigenvalue weighted by atomic mass is 9.94. The molecule has 0 aromatic heterocycles. The second-order valence-corrected chi connectivity index (χ2v) is 10.3. The third-order valence-electron chi connectivity index (χ3n) is 4.52. The van der Waals surface area contributed by atoms with Gasteiger partial charge in [0.25, 0.3) is 10.0 Å². The van der Waals surface area contributed by atoms with Crippen LogP contribution in [0.4, 0.5) is 0 Å². The molecule has 0 amide bonds. The van der Waals surface area contributed by atoms with E-state index >= 15 is 0 Å². The lowest BCUT2D eigenvalue weighted by molar-refractivity contribution is 0.104. The van der Waals surface area contributed by atoms with Crippen LogP contribution in [0.5, 0.6) is 0 Å². The zero-order valence-corrected chi connectivity index (χ0v) is 19.1. The minimum atomic E-state index is -3.94. The predicted molar refractivity (Wildman–Crippen MR) is 124 cm³/mol. The van der Waals surface area contributed by atoms with Crippen molar-refractivity contribution < 1.29 is 13.2 Å². The Morgan fingerprint density at radius 1 is 0.867 bits per heavy atom. The summed E-state index contributed by atoms with van der Waals surface area (Å²) < 4.78 is 30.6. The van der Waals surface area contributed by atoms with Crippen LogP contribution in [0.2, 0.25) is 0 Å². The van der Waals surface area contributed by atoms with E-state index in [1.165, 1.54) is 23.9 Å². The molecule has 3 aromatic rings. The van der Waals surface area contributed by atoms with E-state index in [0.29, 0.717) is 16.0 Å². The minimum absolute atomic E-state index is 0.0914. The maximum absolute atomic E-state index is 13.0. The van der Waals surface area contributed by atoms with Gasteiger partial charge in [0.15, 0.2) is 5.78 Å². The lowest BCUT2D eigenvalue weighted by Gasteiger charge is -2.17. The first-order valence-corrected chi connectivity index (χ1v) is 12.1. The van der Waals surface area contributed by atoms with Crippen LogP contribution in [0, 0.1) is 6.92 Å². The molecule has 0 saturated heterocycles. The number of benzene rings is 3. The lowest BCUT2D eigenvalue weighted by Crippen LogP contribution is -2.17. The van der Waals surface area contributed by atoms with E-state index in [1.54, 1.807) is 42.5 Å². The Bertz CT molecular complexity index is 1290. The highest BCUT2D eigenvalue weighted by atomic mass is 79.9. The Labute approximate surface area is 187 Å². The van der Waals surface area contributed by atoms with E-state index in [4.69, 9.17) is 0 Å². The number of Topliss-reactive ketones (excluding diaryl/α,β-unsaturated/α-hetero) is 1. The van der Waals surface area contributed by atoms with E-state index in [0.717, 1.165) is 14.9 Å². The van der Waals surface area contributed by atoms with Crippen LogP contribution < -0.4 is 0 Å².